The molecule has 0 aliphatic rings. The van der Waals surface area contributed by atoms with E-state index in [-0.39, 0.29) is 5.56 Å². The molecule has 0 fully saturated rings. The van der Waals surface area contributed by atoms with Gasteiger partial charge in [0.05, 0.1) is 0 Å². The van der Waals surface area contributed by atoms with E-state index in [1.54, 1.807) is 6.92 Å². The van der Waals surface area contributed by atoms with Crippen LogP contribution in [-0.4, -0.2) is 19.4 Å². The highest BCUT2D eigenvalue weighted by molar-refractivity contribution is 5.98. The van der Waals surface area contributed by atoms with Gasteiger partial charge in [0.25, 0.3) is 0 Å². The second-order valence-corrected chi connectivity index (χ2v) is 4.93. The molecule has 0 saturated carbocycles. The zero-order valence-corrected chi connectivity index (χ0v) is 12.6. The summed E-state index contributed by atoms with van der Waals surface area (Å²) < 4.78 is 5.30. The number of hydrogen-bond donors (Lipinski definition) is 0. The predicted molar refractivity (Wildman–Crippen MR) is 86.1 cm³/mol. The number of benzene rings is 1. The monoisotopic (exact) mass is 285 g/mol. The topological polar surface area (TPSA) is 50.5 Å². The van der Waals surface area contributed by atoms with Crippen LogP contribution in [0.3, 0.4) is 0 Å². The van der Waals surface area contributed by atoms with Crippen molar-refractivity contribution in [3.05, 3.63) is 46.3 Å². The Labute approximate surface area is 123 Å². The van der Waals surface area contributed by atoms with Gasteiger partial charge in [0, 0.05) is 35.8 Å². The van der Waals surface area contributed by atoms with Gasteiger partial charge in [-0.2, -0.15) is 0 Å². The molecule has 4 nitrogen and oxygen atoms in total. The normalized spacial score (nSPS) is 10.6. The zero-order chi connectivity index (χ0) is 15.6. The SMILES string of the molecule is C=C(C)c1c(C=O)c(=O)oc2cc(N(CC)CC)ccc12. The van der Waals surface area contributed by atoms with Crippen molar-refractivity contribution in [3.63, 3.8) is 0 Å². The molecule has 0 aliphatic heterocycles. The van der Waals surface area contributed by atoms with Crippen LogP contribution in [0.1, 0.15) is 36.7 Å². The molecule has 0 N–H and O–H groups in total. The van der Waals surface area contributed by atoms with Gasteiger partial charge in [0.15, 0.2) is 6.29 Å². The summed E-state index contributed by atoms with van der Waals surface area (Å²) in [5.74, 6) is 0. The number of fused-ring (bicyclic) bond motifs is 1. The summed E-state index contributed by atoms with van der Waals surface area (Å²) >= 11 is 0. The Morgan fingerprint density at radius 3 is 2.52 bits per heavy atom. The van der Waals surface area contributed by atoms with Crippen LogP contribution in [0.4, 0.5) is 5.69 Å². The number of carbonyl (C=O) groups excluding carboxylic acids is 1. The smallest absolute Gasteiger partial charge is 0.347 e. The quantitative estimate of drug-likeness (QED) is 0.623. The Morgan fingerprint density at radius 2 is 2.00 bits per heavy atom. The van der Waals surface area contributed by atoms with E-state index in [0.29, 0.717) is 23.0 Å². The minimum absolute atomic E-state index is 0.0330. The average Bonchev–Trinajstić information content (AvgIpc) is 2.46. The van der Waals surface area contributed by atoms with Crippen molar-refractivity contribution in [2.45, 2.75) is 20.8 Å². The highest BCUT2D eigenvalue weighted by atomic mass is 16.4. The second-order valence-electron chi connectivity index (χ2n) is 4.93. The Bertz CT molecular complexity index is 754. The summed E-state index contributed by atoms with van der Waals surface area (Å²) in [6.07, 6.45) is 0.535. The highest BCUT2D eigenvalue weighted by Crippen LogP contribution is 2.28. The molecule has 0 radical (unpaired) electrons. The average molecular weight is 285 g/mol. The highest BCUT2D eigenvalue weighted by Gasteiger charge is 2.15. The van der Waals surface area contributed by atoms with Crippen molar-refractivity contribution in [3.8, 4) is 0 Å². The van der Waals surface area contributed by atoms with Gasteiger partial charge >= 0.3 is 5.63 Å². The van der Waals surface area contributed by atoms with E-state index in [0.717, 1.165) is 24.2 Å². The Balaban J connectivity index is 2.79. The van der Waals surface area contributed by atoms with E-state index in [2.05, 4.69) is 25.3 Å². The summed E-state index contributed by atoms with van der Waals surface area (Å²) in [4.78, 5) is 25.3. The number of hydrogen-bond acceptors (Lipinski definition) is 4. The van der Waals surface area contributed by atoms with Gasteiger partial charge in [-0.15, -0.1) is 0 Å². The first-order valence-corrected chi connectivity index (χ1v) is 7.00. The molecule has 2 aromatic rings. The van der Waals surface area contributed by atoms with Crippen molar-refractivity contribution >= 4 is 28.5 Å². The minimum atomic E-state index is -0.618. The molecule has 1 aromatic heterocycles. The third kappa shape index (κ3) is 2.61. The first kappa shape index (κ1) is 15.0. The van der Waals surface area contributed by atoms with Crippen LogP contribution >= 0.6 is 0 Å². The van der Waals surface area contributed by atoms with Gasteiger partial charge in [0.2, 0.25) is 0 Å². The summed E-state index contributed by atoms with van der Waals surface area (Å²) in [6.45, 7) is 11.5. The molecule has 21 heavy (non-hydrogen) atoms. The van der Waals surface area contributed by atoms with Crippen molar-refractivity contribution in [2.24, 2.45) is 0 Å². The largest absolute Gasteiger partial charge is 0.422 e. The number of rotatable bonds is 5. The van der Waals surface area contributed by atoms with Gasteiger partial charge in [-0.05, 0) is 38.5 Å². The van der Waals surface area contributed by atoms with Crippen molar-refractivity contribution in [1.82, 2.24) is 0 Å². The minimum Gasteiger partial charge on any atom is -0.422 e. The molecule has 4 heteroatoms. The van der Waals surface area contributed by atoms with Crippen LogP contribution in [0.2, 0.25) is 0 Å². The van der Waals surface area contributed by atoms with Crippen LogP contribution < -0.4 is 10.5 Å². The van der Waals surface area contributed by atoms with E-state index in [9.17, 15) is 9.59 Å². The third-order valence-corrected chi connectivity index (χ3v) is 3.60. The standard InChI is InChI=1S/C17H19NO3/c1-5-18(6-2)12-7-8-13-15(9-12)21-17(20)14(10-19)16(13)11(3)4/h7-10H,3,5-6H2,1-2,4H3. The summed E-state index contributed by atoms with van der Waals surface area (Å²) in [5.41, 5.74) is 2.13. The van der Waals surface area contributed by atoms with Crippen LogP contribution in [0.5, 0.6) is 0 Å². The van der Waals surface area contributed by atoms with Gasteiger partial charge < -0.3 is 9.32 Å². The lowest BCUT2D eigenvalue weighted by Gasteiger charge is -2.21. The fraction of sp³-hybridized carbons (Fsp3) is 0.294. The molecular formula is C17H19NO3. The molecule has 110 valence electrons. The van der Waals surface area contributed by atoms with Crippen LogP contribution in [0, 0.1) is 0 Å². The maximum absolute atomic E-state index is 12.0. The molecular weight excluding hydrogens is 266 g/mol. The zero-order valence-electron chi connectivity index (χ0n) is 12.6. The second kappa shape index (κ2) is 5.95. The van der Waals surface area contributed by atoms with E-state index in [4.69, 9.17) is 4.42 Å². The number of carbonyl (C=O) groups is 1. The number of allylic oxidation sites excluding steroid dienone is 1. The maximum atomic E-state index is 12.0. The van der Waals surface area contributed by atoms with E-state index in [1.807, 2.05) is 18.2 Å². The van der Waals surface area contributed by atoms with Crippen LogP contribution in [-0.2, 0) is 0 Å². The van der Waals surface area contributed by atoms with E-state index >= 15 is 0 Å². The Kier molecular flexibility index (Phi) is 4.26. The predicted octanol–water partition coefficient (Wildman–Crippen LogP) is 3.48. The first-order chi connectivity index (χ1) is 10.0. The lowest BCUT2D eigenvalue weighted by molar-refractivity contribution is 0.112. The lowest BCUT2D eigenvalue weighted by atomic mass is 9.99. The van der Waals surface area contributed by atoms with Gasteiger partial charge in [-0.1, -0.05) is 6.58 Å². The van der Waals surface area contributed by atoms with E-state index < -0.39 is 5.63 Å². The van der Waals surface area contributed by atoms with E-state index in [1.165, 1.54) is 0 Å². The van der Waals surface area contributed by atoms with Gasteiger partial charge in [0.1, 0.15) is 11.1 Å². The number of anilines is 1. The number of nitrogens with zero attached hydrogens (tertiary/aromatic N) is 1. The summed E-state index contributed by atoms with van der Waals surface area (Å²) in [7, 11) is 0. The molecule has 2 rings (SSSR count). The maximum Gasteiger partial charge on any atom is 0.347 e. The van der Waals surface area contributed by atoms with Crippen LogP contribution in [0.15, 0.2) is 34.0 Å². The lowest BCUT2D eigenvalue weighted by Crippen LogP contribution is -2.21. The summed E-state index contributed by atoms with van der Waals surface area (Å²) in [5, 5.41) is 0.736. The molecule has 0 unspecified atom stereocenters. The molecule has 0 bridgehead atoms. The molecule has 0 amide bonds. The van der Waals surface area contributed by atoms with Crippen molar-refractivity contribution in [1.29, 1.82) is 0 Å². The Morgan fingerprint density at radius 1 is 1.33 bits per heavy atom. The molecule has 0 saturated heterocycles. The fourth-order valence-corrected chi connectivity index (χ4v) is 2.56. The molecule has 0 spiro atoms. The summed E-state index contributed by atoms with van der Waals surface area (Å²) in [6, 6.07) is 5.68. The first-order valence-electron chi connectivity index (χ1n) is 7.00. The molecule has 0 aliphatic carbocycles. The van der Waals surface area contributed by atoms with Gasteiger partial charge in [-0.25, -0.2) is 4.79 Å². The van der Waals surface area contributed by atoms with Crippen LogP contribution in [0.25, 0.3) is 16.5 Å². The number of aldehydes is 1. The fourth-order valence-electron chi connectivity index (χ4n) is 2.56. The van der Waals surface area contributed by atoms with Gasteiger partial charge in [-0.3, -0.25) is 4.79 Å². The third-order valence-electron chi connectivity index (χ3n) is 3.60. The molecule has 0 atom stereocenters. The molecule has 1 heterocycles. The molecule has 1 aromatic carbocycles. The van der Waals surface area contributed by atoms with Crippen molar-refractivity contribution < 1.29 is 9.21 Å². The van der Waals surface area contributed by atoms with Crippen molar-refractivity contribution in [2.75, 3.05) is 18.0 Å². The Hall–Kier alpha value is -2.36.